The number of benzene rings is 1. The second-order valence-electron chi connectivity index (χ2n) is 3.94. The molecule has 0 aliphatic heterocycles. The molecule has 5 nitrogen and oxygen atoms in total. The van der Waals surface area contributed by atoms with Crippen molar-refractivity contribution < 1.29 is 9.90 Å². The minimum atomic E-state index is -0.959. The monoisotopic (exact) mass is 219 g/mol. The normalized spacial score (nSPS) is 11.2. The number of aromatic nitrogens is 2. The molecule has 0 aliphatic rings. The van der Waals surface area contributed by atoms with Crippen molar-refractivity contribution >= 4 is 23.0 Å². The largest absolute Gasteiger partial charge is 0.478 e. The number of hydrogen-bond donors (Lipinski definition) is 2. The Morgan fingerprint density at radius 3 is 2.75 bits per heavy atom. The molecule has 0 radical (unpaired) electrons. The summed E-state index contributed by atoms with van der Waals surface area (Å²) in [7, 11) is 0. The maximum atomic E-state index is 10.8. The second kappa shape index (κ2) is 3.52. The molecule has 0 spiro atoms. The summed E-state index contributed by atoms with van der Waals surface area (Å²) >= 11 is 0. The Kier molecular flexibility index (Phi) is 2.30. The molecule has 0 aliphatic carbocycles. The van der Waals surface area contributed by atoms with E-state index in [1.807, 2.05) is 18.4 Å². The lowest BCUT2D eigenvalue weighted by molar-refractivity contribution is 0.0697. The Balaban J connectivity index is 2.70. The molecule has 0 unspecified atom stereocenters. The van der Waals surface area contributed by atoms with Crippen molar-refractivity contribution in [2.45, 2.75) is 19.9 Å². The molecule has 0 saturated carbocycles. The summed E-state index contributed by atoms with van der Waals surface area (Å²) in [5.74, 6) is -0.549. The van der Waals surface area contributed by atoms with E-state index in [2.05, 4.69) is 4.98 Å². The fourth-order valence-electron chi connectivity index (χ4n) is 1.79. The number of rotatable bonds is 2. The highest BCUT2D eigenvalue weighted by Gasteiger charge is 2.12. The highest BCUT2D eigenvalue weighted by Crippen LogP contribution is 2.23. The Hall–Kier alpha value is -2.04. The third kappa shape index (κ3) is 1.50. The lowest BCUT2D eigenvalue weighted by Crippen LogP contribution is -2.05. The number of fused-ring (bicyclic) bond motifs is 1. The van der Waals surface area contributed by atoms with Crippen LogP contribution in [0.1, 0.15) is 30.2 Å². The number of anilines is 1. The quantitative estimate of drug-likeness (QED) is 0.808. The molecule has 84 valence electrons. The van der Waals surface area contributed by atoms with Crippen LogP contribution in [0.3, 0.4) is 0 Å². The first-order valence-electron chi connectivity index (χ1n) is 5.01. The fraction of sp³-hybridized carbons (Fsp3) is 0.273. The number of nitrogen functional groups attached to an aromatic ring is 1. The molecular weight excluding hydrogens is 206 g/mol. The summed E-state index contributed by atoms with van der Waals surface area (Å²) in [6.45, 7) is 4.01. The molecule has 3 N–H and O–H groups in total. The molecule has 1 aromatic heterocycles. The molecule has 2 rings (SSSR count). The predicted octanol–water partition coefficient (Wildman–Crippen LogP) is 1.90. The molecule has 0 bridgehead atoms. The molecule has 1 aromatic carbocycles. The zero-order chi connectivity index (χ0) is 11.9. The average Bonchev–Trinajstić information content (AvgIpc) is 2.51. The maximum Gasteiger partial charge on any atom is 0.335 e. The topological polar surface area (TPSA) is 81.1 Å². The van der Waals surface area contributed by atoms with Crippen molar-refractivity contribution in [2.75, 3.05) is 5.73 Å². The molecule has 0 fully saturated rings. The van der Waals surface area contributed by atoms with Gasteiger partial charge in [-0.3, -0.25) is 0 Å². The number of carboxylic acids is 1. The fourth-order valence-corrected chi connectivity index (χ4v) is 1.79. The summed E-state index contributed by atoms with van der Waals surface area (Å²) in [4.78, 5) is 15.0. The van der Waals surface area contributed by atoms with E-state index in [1.54, 1.807) is 12.1 Å². The molecular formula is C11H13N3O2. The Labute approximate surface area is 92.5 Å². The van der Waals surface area contributed by atoms with Gasteiger partial charge in [0.1, 0.15) is 0 Å². The first-order chi connectivity index (χ1) is 7.50. The summed E-state index contributed by atoms with van der Waals surface area (Å²) in [6.07, 6.45) is 0. The van der Waals surface area contributed by atoms with Crippen molar-refractivity contribution in [2.24, 2.45) is 0 Å². The molecule has 16 heavy (non-hydrogen) atoms. The Morgan fingerprint density at radius 1 is 1.50 bits per heavy atom. The van der Waals surface area contributed by atoms with Crippen molar-refractivity contribution in [1.82, 2.24) is 9.55 Å². The van der Waals surface area contributed by atoms with Gasteiger partial charge < -0.3 is 15.4 Å². The third-order valence-corrected chi connectivity index (χ3v) is 2.48. The van der Waals surface area contributed by atoms with Crippen LogP contribution in [0.5, 0.6) is 0 Å². The van der Waals surface area contributed by atoms with Crippen molar-refractivity contribution in [3.63, 3.8) is 0 Å². The smallest absolute Gasteiger partial charge is 0.335 e. The van der Waals surface area contributed by atoms with E-state index in [9.17, 15) is 4.79 Å². The van der Waals surface area contributed by atoms with Crippen molar-refractivity contribution in [3.05, 3.63) is 23.8 Å². The lowest BCUT2D eigenvalue weighted by atomic mass is 10.2. The van der Waals surface area contributed by atoms with Gasteiger partial charge in [-0.15, -0.1) is 0 Å². The van der Waals surface area contributed by atoms with E-state index in [1.165, 1.54) is 6.07 Å². The van der Waals surface area contributed by atoms with Crippen LogP contribution in [0.2, 0.25) is 0 Å². The number of carbonyl (C=O) groups is 1. The van der Waals surface area contributed by atoms with E-state index >= 15 is 0 Å². The van der Waals surface area contributed by atoms with Crippen LogP contribution in [-0.4, -0.2) is 20.6 Å². The van der Waals surface area contributed by atoms with E-state index in [0.717, 1.165) is 5.52 Å². The summed E-state index contributed by atoms with van der Waals surface area (Å²) in [5.41, 5.74) is 7.48. The Morgan fingerprint density at radius 2 is 2.19 bits per heavy atom. The third-order valence-electron chi connectivity index (χ3n) is 2.48. The predicted molar refractivity (Wildman–Crippen MR) is 61.5 cm³/mol. The van der Waals surface area contributed by atoms with E-state index in [0.29, 0.717) is 11.5 Å². The minimum absolute atomic E-state index is 0.195. The molecule has 0 saturated heterocycles. The van der Waals surface area contributed by atoms with Gasteiger partial charge in [0.25, 0.3) is 0 Å². The van der Waals surface area contributed by atoms with Crippen LogP contribution in [-0.2, 0) is 0 Å². The summed E-state index contributed by atoms with van der Waals surface area (Å²) in [5, 5.41) is 8.86. The highest BCUT2D eigenvalue weighted by molar-refractivity contribution is 5.92. The van der Waals surface area contributed by atoms with Gasteiger partial charge in [0.2, 0.25) is 5.95 Å². The average molecular weight is 219 g/mol. The summed E-state index contributed by atoms with van der Waals surface area (Å²) in [6, 6.07) is 5.03. The number of nitrogens with two attached hydrogens (primary N) is 1. The van der Waals surface area contributed by atoms with Crippen LogP contribution in [0.15, 0.2) is 18.2 Å². The SMILES string of the molecule is CC(C)n1c(N)nc2cc(C(=O)O)ccc21. The van der Waals surface area contributed by atoms with Crippen LogP contribution < -0.4 is 5.73 Å². The van der Waals surface area contributed by atoms with Crippen molar-refractivity contribution in [1.29, 1.82) is 0 Å². The number of imidazole rings is 1. The maximum absolute atomic E-state index is 10.8. The number of carboxylic acid groups (broad SMARTS) is 1. The number of nitrogens with zero attached hydrogens (tertiary/aromatic N) is 2. The van der Waals surface area contributed by atoms with Crippen LogP contribution in [0.4, 0.5) is 5.95 Å². The van der Waals surface area contributed by atoms with Gasteiger partial charge >= 0.3 is 5.97 Å². The Bertz CT molecular complexity index is 558. The van der Waals surface area contributed by atoms with Crippen LogP contribution in [0.25, 0.3) is 11.0 Å². The standard InChI is InChI=1S/C11H13N3O2/c1-6(2)14-9-4-3-7(10(15)16)5-8(9)13-11(14)12/h3-6H,1-2H3,(H2,12,13)(H,15,16). The van der Waals surface area contributed by atoms with Crippen LogP contribution in [0, 0.1) is 0 Å². The van der Waals surface area contributed by atoms with E-state index in [-0.39, 0.29) is 11.6 Å². The van der Waals surface area contributed by atoms with Gasteiger partial charge in [-0.05, 0) is 32.0 Å². The van der Waals surface area contributed by atoms with Gasteiger partial charge in [-0.1, -0.05) is 0 Å². The minimum Gasteiger partial charge on any atom is -0.478 e. The zero-order valence-electron chi connectivity index (χ0n) is 9.14. The first kappa shape index (κ1) is 10.5. The molecule has 5 heteroatoms. The van der Waals surface area contributed by atoms with Gasteiger partial charge in [0, 0.05) is 6.04 Å². The van der Waals surface area contributed by atoms with Gasteiger partial charge in [-0.25, -0.2) is 9.78 Å². The number of aromatic carboxylic acids is 1. The van der Waals surface area contributed by atoms with Gasteiger partial charge in [0.15, 0.2) is 0 Å². The van der Waals surface area contributed by atoms with Gasteiger partial charge in [-0.2, -0.15) is 0 Å². The van der Waals surface area contributed by atoms with Gasteiger partial charge in [0.05, 0.1) is 16.6 Å². The van der Waals surface area contributed by atoms with E-state index in [4.69, 9.17) is 10.8 Å². The molecule has 1 heterocycles. The lowest BCUT2D eigenvalue weighted by Gasteiger charge is -2.09. The second-order valence-corrected chi connectivity index (χ2v) is 3.94. The number of hydrogen-bond acceptors (Lipinski definition) is 3. The molecule has 2 aromatic rings. The first-order valence-corrected chi connectivity index (χ1v) is 5.01. The van der Waals surface area contributed by atoms with Crippen molar-refractivity contribution in [3.8, 4) is 0 Å². The summed E-state index contributed by atoms with van der Waals surface area (Å²) < 4.78 is 1.88. The molecule has 0 atom stereocenters. The highest BCUT2D eigenvalue weighted by atomic mass is 16.4. The zero-order valence-corrected chi connectivity index (χ0v) is 9.14. The molecule has 0 amide bonds. The van der Waals surface area contributed by atoms with E-state index < -0.39 is 5.97 Å². The van der Waals surface area contributed by atoms with Crippen LogP contribution >= 0.6 is 0 Å².